The van der Waals surface area contributed by atoms with Crippen LogP contribution in [0.25, 0.3) is 0 Å². The van der Waals surface area contributed by atoms with Gasteiger partial charge in [-0.3, -0.25) is 4.99 Å². The van der Waals surface area contributed by atoms with Crippen LogP contribution in [0.2, 0.25) is 0 Å². The molecule has 2 unspecified atom stereocenters. The average Bonchev–Trinajstić information content (AvgIpc) is 3.12. The molecule has 6 nitrogen and oxygen atoms in total. The van der Waals surface area contributed by atoms with Crippen LogP contribution in [-0.2, 0) is 12.6 Å². The number of alkyl halides is 3. The standard InChI is InChI=1S/C20H28F3N5OS.HI/c1-4-24-18(27-14-15(2)30-16-8-6-5-7-9-16)26-11-10-19(29,20(21,22)23)17-25-12-13-28(17)3;/h5-9,12-13,15,29H,4,10-11,14H2,1-3H3,(H2,24,26,27);1H. The topological polar surface area (TPSA) is 74.5 Å². The number of hydrogen-bond donors (Lipinski definition) is 3. The molecule has 0 aliphatic heterocycles. The van der Waals surface area contributed by atoms with Crippen molar-refractivity contribution < 1.29 is 18.3 Å². The van der Waals surface area contributed by atoms with Crippen LogP contribution in [0.15, 0.2) is 52.6 Å². The number of benzene rings is 1. The van der Waals surface area contributed by atoms with E-state index >= 15 is 0 Å². The second-order valence-electron chi connectivity index (χ2n) is 6.86. The molecule has 31 heavy (non-hydrogen) atoms. The minimum absolute atomic E-state index is 0. The van der Waals surface area contributed by atoms with Gasteiger partial charge in [0.1, 0.15) is 5.82 Å². The zero-order valence-corrected chi connectivity index (χ0v) is 20.8. The normalized spacial score (nSPS) is 15.0. The van der Waals surface area contributed by atoms with Gasteiger partial charge in [-0.05, 0) is 19.1 Å². The second kappa shape index (κ2) is 12.5. The van der Waals surface area contributed by atoms with Gasteiger partial charge in [-0.25, -0.2) is 4.98 Å². The van der Waals surface area contributed by atoms with Gasteiger partial charge in [-0.2, -0.15) is 13.2 Å². The predicted octanol–water partition coefficient (Wildman–Crippen LogP) is 3.91. The van der Waals surface area contributed by atoms with Gasteiger partial charge in [0.25, 0.3) is 0 Å². The Kier molecular flexibility index (Phi) is 11.1. The highest BCUT2D eigenvalue weighted by Gasteiger charge is 2.57. The first-order valence-corrected chi connectivity index (χ1v) is 10.6. The molecule has 0 aliphatic carbocycles. The lowest BCUT2D eigenvalue weighted by Crippen LogP contribution is -2.48. The van der Waals surface area contributed by atoms with Gasteiger partial charge >= 0.3 is 6.18 Å². The quantitative estimate of drug-likeness (QED) is 0.184. The lowest BCUT2D eigenvalue weighted by atomic mass is 9.97. The van der Waals surface area contributed by atoms with Crippen LogP contribution in [0.5, 0.6) is 0 Å². The Morgan fingerprint density at radius 3 is 2.48 bits per heavy atom. The Balaban J connectivity index is 0.00000480. The molecule has 2 atom stereocenters. The molecule has 174 valence electrons. The molecule has 0 bridgehead atoms. The number of rotatable bonds is 9. The SMILES string of the molecule is CCNC(=NCC(C)Sc1ccccc1)NCCC(O)(c1nccn1C)C(F)(F)F.I. The van der Waals surface area contributed by atoms with Crippen LogP contribution in [-0.4, -0.2) is 51.7 Å². The average molecular weight is 571 g/mol. The van der Waals surface area contributed by atoms with Gasteiger partial charge in [0.05, 0.1) is 6.54 Å². The number of thioether (sulfide) groups is 1. The van der Waals surface area contributed by atoms with E-state index in [0.29, 0.717) is 19.0 Å². The van der Waals surface area contributed by atoms with Crippen molar-refractivity contribution in [3.63, 3.8) is 0 Å². The molecular formula is C20H29F3IN5OS. The lowest BCUT2D eigenvalue weighted by Gasteiger charge is -2.30. The van der Waals surface area contributed by atoms with E-state index in [9.17, 15) is 18.3 Å². The van der Waals surface area contributed by atoms with Crippen LogP contribution in [0.4, 0.5) is 13.2 Å². The number of aliphatic imine (C=N–C) groups is 1. The van der Waals surface area contributed by atoms with Gasteiger partial charge < -0.3 is 20.3 Å². The van der Waals surface area contributed by atoms with E-state index in [0.717, 1.165) is 4.90 Å². The number of nitrogens with zero attached hydrogens (tertiary/aromatic N) is 3. The van der Waals surface area contributed by atoms with Gasteiger partial charge in [0.2, 0.25) is 5.60 Å². The van der Waals surface area contributed by atoms with E-state index in [4.69, 9.17) is 0 Å². The fourth-order valence-corrected chi connectivity index (χ4v) is 3.76. The first kappa shape index (κ1) is 27.6. The van der Waals surface area contributed by atoms with Crippen LogP contribution in [0.1, 0.15) is 26.1 Å². The van der Waals surface area contributed by atoms with Gasteiger partial charge in [0.15, 0.2) is 5.96 Å². The van der Waals surface area contributed by atoms with E-state index in [2.05, 4.69) is 20.6 Å². The second-order valence-corrected chi connectivity index (χ2v) is 8.37. The van der Waals surface area contributed by atoms with E-state index in [1.54, 1.807) is 11.8 Å². The van der Waals surface area contributed by atoms with Crippen molar-refractivity contribution >= 4 is 41.7 Å². The molecular weight excluding hydrogens is 542 g/mol. The largest absolute Gasteiger partial charge is 0.424 e. The highest BCUT2D eigenvalue weighted by Crippen LogP contribution is 2.40. The monoisotopic (exact) mass is 571 g/mol. The van der Waals surface area contributed by atoms with Crippen LogP contribution < -0.4 is 10.6 Å². The lowest BCUT2D eigenvalue weighted by molar-refractivity contribution is -0.272. The summed E-state index contributed by atoms with van der Waals surface area (Å²) in [5.41, 5.74) is -3.05. The summed E-state index contributed by atoms with van der Waals surface area (Å²) in [5, 5.41) is 16.5. The van der Waals surface area contributed by atoms with Crippen molar-refractivity contribution in [2.75, 3.05) is 19.6 Å². The summed E-state index contributed by atoms with van der Waals surface area (Å²) in [6, 6.07) is 9.92. The highest BCUT2D eigenvalue weighted by atomic mass is 127. The predicted molar refractivity (Wildman–Crippen MR) is 129 cm³/mol. The number of aromatic nitrogens is 2. The fraction of sp³-hybridized carbons (Fsp3) is 0.500. The zero-order chi connectivity index (χ0) is 22.2. The summed E-state index contributed by atoms with van der Waals surface area (Å²) in [6.07, 6.45) is -2.85. The molecule has 2 aromatic rings. The Hall–Kier alpha value is -1.47. The summed E-state index contributed by atoms with van der Waals surface area (Å²) in [5.74, 6) is -0.0333. The minimum Gasteiger partial charge on any atom is -0.374 e. The van der Waals surface area contributed by atoms with Gasteiger partial charge in [0, 0.05) is 49.1 Å². The number of hydrogen-bond acceptors (Lipinski definition) is 4. The Morgan fingerprint density at radius 2 is 1.94 bits per heavy atom. The van der Waals surface area contributed by atoms with Crippen molar-refractivity contribution in [3.8, 4) is 0 Å². The maximum absolute atomic E-state index is 13.6. The molecule has 0 radical (unpaired) electrons. The molecule has 1 aromatic heterocycles. The van der Waals surface area contributed by atoms with Crippen molar-refractivity contribution in [1.82, 2.24) is 20.2 Å². The van der Waals surface area contributed by atoms with E-state index < -0.39 is 24.0 Å². The molecule has 0 aliphatic rings. The first-order valence-electron chi connectivity index (χ1n) is 9.68. The molecule has 0 spiro atoms. The molecule has 3 N–H and O–H groups in total. The molecule has 0 saturated heterocycles. The van der Waals surface area contributed by atoms with Crippen LogP contribution in [0, 0.1) is 0 Å². The molecule has 0 amide bonds. The molecule has 2 rings (SSSR count). The van der Waals surface area contributed by atoms with Gasteiger partial charge in [-0.1, -0.05) is 25.1 Å². The number of aliphatic hydroxyl groups is 1. The third-order valence-corrected chi connectivity index (χ3v) is 5.47. The van der Waals surface area contributed by atoms with Crippen molar-refractivity contribution in [2.45, 2.75) is 42.2 Å². The molecule has 11 heteroatoms. The Morgan fingerprint density at radius 1 is 1.26 bits per heavy atom. The minimum atomic E-state index is -4.86. The summed E-state index contributed by atoms with van der Waals surface area (Å²) >= 11 is 1.67. The third-order valence-electron chi connectivity index (χ3n) is 4.37. The molecule has 1 aromatic carbocycles. The molecule has 1 heterocycles. The Bertz CT molecular complexity index is 819. The van der Waals surface area contributed by atoms with E-state index in [-0.39, 0.29) is 35.8 Å². The summed E-state index contributed by atoms with van der Waals surface area (Å²) in [6.45, 7) is 4.83. The van der Waals surface area contributed by atoms with Gasteiger partial charge in [-0.15, -0.1) is 35.7 Å². The fourth-order valence-electron chi connectivity index (χ4n) is 2.84. The van der Waals surface area contributed by atoms with Crippen molar-refractivity contribution in [1.29, 1.82) is 0 Å². The first-order chi connectivity index (χ1) is 14.2. The number of guanidine groups is 1. The summed E-state index contributed by atoms with van der Waals surface area (Å²) in [4.78, 5) is 9.29. The molecule has 0 saturated carbocycles. The highest BCUT2D eigenvalue weighted by molar-refractivity contribution is 14.0. The van der Waals surface area contributed by atoms with E-state index in [1.807, 2.05) is 44.2 Å². The number of aryl methyl sites for hydroxylation is 1. The van der Waals surface area contributed by atoms with Crippen LogP contribution in [0.3, 0.4) is 0 Å². The maximum Gasteiger partial charge on any atom is 0.424 e. The summed E-state index contributed by atoms with van der Waals surface area (Å²) < 4.78 is 42.0. The smallest absolute Gasteiger partial charge is 0.374 e. The van der Waals surface area contributed by atoms with Crippen molar-refractivity contribution in [2.24, 2.45) is 12.0 Å². The molecule has 0 fully saturated rings. The number of nitrogens with one attached hydrogen (secondary N) is 2. The number of imidazole rings is 1. The number of halogens is 4. The van der Waals surface area contributed by atoms with Crippen LogP contribution >= 0.6 is 35.7 Å². The zero-order valence-electron chi connectivity index (χ0n) is 17.7. The summed E-state index contributed by atoms with van der Waals surface area (Å²) in [7, 11) is 1.42. The van der Waals surface area contributed by atoms with Crippen molar-refractivity contribution in [3.05, 3.63) is 48.5 Å². The third kappa shape index (κ3) is 7.86. The Labute approximate surface area is 202 Å². The maximum atomic E-state index is 13.6. The van der Waals surface area contributed by atoms with E-state index in [1.165, 1.54) is 24.0 Å².